The summed E-state index contributed by atoms with van der Waals surface area (Å²) in [6, 6.07) is 7.82. The Morgan fingerprint density at radius 2 is 1.57 bits per heavy atom. The van der Waals surface area contributed by atoms with E-state index in [-0.39, 0.29) is 53.5 Å². The molecule has 80 heavy (non-hydrogen) atoms. The Labute approximate surface area is 476 Å². The maximum absolute atomic E-state index is 17.1. The van der Waals surface area contributed by atoms with Crippen LogP contribution in [0.25, 0.3) is 0 Å². The highest BCUT2D eigenvalue weighted by Gasteiger charge is 2.94. The zero-order chi connectivity index (χ0) is 52.9. The Balaban J connectivity index is 0.891. The van der Waals surface area contributed by atoms with Gasteiger partial charge in [-0.3, -0.25) is 9.69 Å². The number of hydrogen-bond donors (Lipinski definition) is 2. The van der Waals surface area contributed by atoms with Gasteiger partial charge in [0.1, 0.15) is 11.2 Å². The Hall–Kier alpha value is -3.62. The summed E-state index contributed by atoms with van der Waals surface area (Å²) >= 11 is 0. The van der Waals surface area contributed by atoms with E-state index in [1.165, 1.54) is 153 Å². The summed E-state index contributed by atoms with van der Waals surface area (Å²) < 4.78 is 15.2. The van der Waals surface area contributed by atoms with Crippen LogP contribution in [0, 0.1) is 98.1 Å². The Bertz CT molecular complexity index is 3050. The van der Waals surface area contributed by atoms with Crippen LogP contribution >= 0.6 is 0 Å². The van der Waals surface area contributed by atoms with E-state index in [2.05, 4.69) is 52.3 Å². The molecule has 8 heteroatoms. The van der Waals surface area contributed by atoms with E-state index in [1.54, 1.807) is 16.8 Å². The fourth-order valence-electron chi connectivity index (χ4n) is 28.1. The smallest absolute Gasteiger partial charge is 0.339 e. The fraction of sp³-hybridized carbons (Fsp3) is 0.750. The third kappa shape index (κ3) is 5.48. The van der Waals surface area contributed by atoms with E-state index in [9.17, 15) is 5.11 Å². The normalized spacial score (nSPS) is 48.0. The lowest BCUT2D eigenvalue weighted by Crippen LogP contribution is -2.78. The number of nitrogens with two attached hydrogens (primary N) is 1. The molecule has 18 atom stereocenters. The number of ether oxygens (including phenoxy) is 2. The van der Waals surface area contributed by atoms with E-state index in [1.807, 2.05) is 0 Å². The number of piperidine rings is 3. The Morgan fingerprint density at radius 3 is 2.42 bits per heavy atom. The van der Waals surface area contributed by atoms with E-state index in [4.69, 9.17) is 15.2 Å². The lowest BCUT2D eigenvalue weighted by atomic mass is 9.27. The summed E-state index contributed by atoms with van der Waals surface area (Å²) in [5.74, 6) is 4.35. The largest absolute Gasteiger partial charge is 0.508 e. The highest BCUT2D eigenvalue weighted by Crippen LogP contribution is 2.89. The number of aliphatic hydroxyl groups is 1. The minimum atomic E-state index is -1.16. The first-order valence-electron chi connectivity index (χ1n) is 34.3. The van der Waals surface area contributed by atoms with Gasteiger partial charge in [-0.05, 0) is 223 Å². The molecule has 6 spiro atoms. The number of carbonyl (C=O) groups is 2. The van der Waals surface area contributed by atoms with Crippen LogP contribution in [0.3, 0.4) is 0 Å². The molecule has 424 valence electrons. The topological polar surface area (TPSA) is 105 Å². The second-order valence-corrected chi connectivity index (χ2v) is 31.7. The second-order valence-electron chi connectivity index (χ2n) is 31.7. The quantitative estimate of drug-likeness (QED) is 0.222. The molecule has 18 unspecified atom stereocenters. The van der Waals surface area contributed by atoms with Crippen molar-refractivity contribution in [1.82, 2.24) is 9.80 Å². The highest BCUT2D eigenvalue weighted by atomic mass is 16.6. The zero-order valence-electron chi connectivity index (χ0n) is 48.1. The third-order valence-corrected chi connectivity index (χ3v) is 30.0. The monoisotopic (exact) mass is 1080 g/mol. The molecule has 18 aliphatic rings. The molecule has 1 aromatic carbocycles. The van der Waals surface area contributed by atoms with Gasteiger partial charge < -0.3 is 25.2 Å². The lowest BCUT2D eigenvalue weighted by molar-refractivity contribution is -0.283. The first-order chi connectivity index (χ1) is 39.2. The van der Waals surface area contributed by atoms with Gasteiger partial charge in [-0.15, -0.1) is 0 Å². The molecule has 8 nitrogen and oxygen atoms in total. The zero-order valence-corrected chi connectivity index (χ0v) is 48.1. The van der Waals surface area contributed by atoms with Gasteiger partial charge in [0.2, 0.25) is 0 Å². The van der Waals surface area contributed by atoms with Crippen LogP contribution in [0.4, 0.5) is 0 Å². The first-order valence-corrected chi connectivity index (χ1v) is 34.3. The summed E-state index contributed by atoms with van der Waals surface area (Å²) in [4.78, 5) is 39.0. The summed E-state index contributed by atoms with van der Waals surface area (Å²) in [5, 5.41) is 14.7. The van der Waals surface area contributed by atoms with Crippen LogP contribution in [-0.4, -0.2) is 64.6 Å². The van der Waals surface area contributed by atoms with Gasteiger partial charge >= 0.3 is 11.9 Å². The molecule has 7 heterocycles. The highest BCUT2D eigenvalue weighted by molar-refractivity contribution is 6.00. The van der Waals surface area contributed by atoms with Crippen LogP contribution in [0.1, 0.15) is 208 Å². The number of hydrogen-bond acceptors (Lipinski definition) is 8. The predicted molar refractivity (Wildman–Crippen MR) is 307 cm³/mol. The van der Waals surface area contributed by atoms with Gasteiger partial charge in [-0.1, -0.05) is 105 Å². The van der Waals surface area contributed by atoms with Crippen molar-refractivity contribution in [3.8, 4) is 0 Å². The second kappa shape index (κ2) is 16.6. The number of carbonyl (C=O) groups excluding carboxylic acids is 2. The van der Waals surface area contributed by atoms with Crippen molar-refractivity contribution in [2.24, 2.45) is 104 Å². The molecule has 0 aromatic heterocycles. The molecular weight excluding hydrogens is 987 g/mol. The molecule has 7 aliphatic heterocycles. The molecule has 1 aromatic rings. The summed E-state index contributed by atoms with van der Waals surface area (Å²) in [6.07, 6.45) is 47.0. The van der Waals surface area contributed by atoms with E-state index < -0.39 is 16.4 Å². The molecule has 7 bridgehead atoms. The third-order valence-electron chi connectivity index (χ3n) is 30.0. The Morgan fingerprint density at radius 1 is 0.750 bits per heavy atom. The number of rotatable bonds is 5. The average Bonchev–Trinajstić information content (AvgIpc) is 1.57. The van der Waals surface area contributed by atoms with Crippen LogP contribution in [0.2, 0.25) is 0 Å². The van der Waals surface area contributed by atoms with Crippen LogP contribution < -0.4 is 5.73 Å². The summed E-state index contributed by atoms with van der Waals surface area (Å²) in [5.41, 5.74) is 13.4. The average molecular weight is 1080 g/mol. The molecular formula is C72H91N3O5. The van der Waals surface area contributed by atoms with Crippen molar-refractivity contribution >= 4 is 11.9 Å². The van der Waals surface area contributed by atoms with Crippen molar-refractivity contribution < 1.29 is 24.2 Å². The molecule has 19 rings (SSSR count). The van der Waals surface area contributed by atoms with Gasteiger partial charge in [0.25, 0.3) is 0 Å². The molecule has 3 N–H and O–H groups in total. The molecule has 4 saturated heterocycles. The van der Waals surface area contributed by atoms with Crippen LogP contribution in [0.5, 0.6) is 0 Å². The van der Waals surface area contributed by atoms with Gasteiger partial charge in [-0.25, -0.2) is 4.79 Å². The molecule has 11 aliphatic carbocycles. The van der Waals surface area contributed by atoms with Crippen molar-refractivity contribution in [1.29, 1.82) is 0 Å². The summed E-state index contributed by atoms with van der Waals surface area (Å²) in [7, 11) is 0. The van der Waals surface area contributed by atoms with Gasteiger partial charge in [0.05, 0.1) is 11.0 Å². The number of esters is 2. The fourth-order valence-corrected chi connectivity index (χ4v) is 28.1. The molecule has 0 amide bonds. The van der Waals surface area contributed by atoms with Crippen molar-refractivity contribution in [2.45, 2.75) is 216 Å². The van der Waals surface area contributed by atoms with Crippen molar-refractivity contribution in [3.05, 3.63) is 93.1 Å². The number of benzene rings is 1. The predicted octanol–water partition coefficient (Wildman–Crippen LogP) is 14.1. The molecule has 0 radical (unpaired) electrons. The standard InChI is InChI=1S/C72H91N3O5/c73-33-10-16-42-14-9-18-53-58(42)65(77)80-72(53)56-36-43(41-12-2-1-3-13-41)19-21-50-49-17-8-15-44-34-45-20-23-54-46-35-47-40-75(54)62(45)59(57(44)49)51-25-32-70(72)64(79-66(78)71(56,70)60(50)51)63(76)52-22-24-55(47)74(39-46)61(52)48-37-68(28-6-7-29-68)69(38-48)31-11-30-67(69)26-4-5-27-67/h8-9,14,17-19,21,41,43-44,46-50,52,54-57,59,61,76H,1-7,10-13,15-16,20,22-40,73H2. The van der Waals surface area contributed by atoms with Gasteiger partial charge in [-0.2, -0.15) is 0 Å². The molecule has 10 fully saturated rings. The summed E-state index contributed by atoms with van der Waals surface area (Å²) in [6.45, 7) is 2.87. The van der Waals surface area contributed by atoms with E-state index in [0.29, 0.717) is 100 Å². The number of fused-ring (bicyclic) bond motifs is 11. The van der Waals surface area contributed by atoms with Gasteiger partial charge in [0, 0.05) is 66.1 Å². The van der Waals surface area contributed by atoms with Gasteiger partial charge in [0.15, 0.2) is 11.4 Å². The van der Waals surface area contributed by atoms with Crippen LogP contribution in [0.15, 0.2) is 76.4 Å². The van der Waals surface area contributed by atoms with E-state index >= 15 is 9.59 Å². The van der Waals surface area contributed by atoms with Crippen molar-refractivity contribution in [2.75, 3.05) is 19.6 Å². The Kier molecular flexibility index (Phi) is 10.1. The number of aliphatic hydroxyl groups excluding tert-OH is 1. The SMILES string of the molecule is NCCCc1cccc2c1C(=O)OC21C2CC(C3CCCCC3)C=CC3C4=C5CCC16C(=C(O)C1CCC7C8CC(CN7C1C1CC7(CCCC7)C7(CCCC79CCCC9)C1)C1CCC7=C(C5C5C(CC=CC35)C7)N1C8)OC(=O)C426. The lowest BCUT2D eigenvalue weighted by Gasteiger charge is -2.73. The van der Waals surface area contributed by atoms with E-state index in [0.717, 1.165) is 56.2 Å². The molecule has 6 saturated carbocycles. The minimum absolute atomic E-state index is 0.0539. The number of aryl methyl sites for hydroxylation is 1. The van der Waals surface area contributed by atoms with Crippen LogP contribution in [-0.2, 0) is 26.3 Å². The maximum Gasteiger partial charge on any atom is 0.339 e. The first kappa shape index (κ1) is 48.7. The number of allylic oxidation sites excluding steroid dienone is 6. The number of nitrogens with zero attached hydrogens (tertiary/aromatic N) is 2. The van der Waals surface area contributed by atoms with Crippen molar-refractivity contribution in [3.63, 3.8) is 0 Å². The maximum atomic E-state index is 17.1. The minimum Gasteiger partial charge on any atom is -0.508 e.